The Kier molecular flexibility index (Phi) is 5.04. The third kappa shape index (κ3) is 4.01. The fourth-order valence-electron chi connectivity index (χ4n) is 2.51. The summed E-state index contributed by atoms with van der Waals surface area (Å²) >= 11 is 0. The van der Waals surface area contributed by atoms with Crippen LogP contribution in [-0.4, -0.2) is 18.0 Å². The molecule has 1 aromatic heterocycles. The number of halogens is 1. The van der Waals surface area contributed by atoms with Gasteiger partial charge in [-0.3, -0.25) is 9.78 Å². The molecule has 3 rings (SSSR count). The van der Waals surface area contributed by atoms with Crippen LogP contribution in [0.4, 0.5) is 10.1 Å². The van der Waals surface area contributed by atoms with Crippen LogP contribution >= 0.6 is 0 Å². The van der Waals surface area contributed by atoms with E-state index in [9.17, 15) is 9.18 Å². The van der Waals surface area contributed by atoms with E-state index < -0.39 is 5.82 Å². The van der Waals surface area contributed by atoms with Crippen LogP contribution in [0.15, 0.2) is 73.1 Å². The molecule has 0 fully saturated rings. The van der Waals surface area contributed by atoms with Gasteiger partial charge in [0.05, 0.1) is 13.7 Å². The van der Waals surface area contributed by atoms with Gasteiger partial charge in [0.25, 0.3) is 5.91 Å². The molecule has 0 aliphatic carbocycles. The van der Waals surface area contributed by atoms with Crippen LogP contribution in [0.25, 0.3) is 0 Å². The predicted octanol–water partition coefficient (Wildman–Crippen LogP) is 4.08. The van der Waals surface area contributed by atoms with Crippen molar-refractivity contribution in [2.24, 2.45) is 0 Å². The van der Waals surface area contributed by atoms with Gasteiger partial charge in [-0.15, -0.1) is 0 Å². The summed E-state index contributed by atoms with van der Waals surface area (Å²) in [4.78, 5) is 18.7. The lowest BCUT2D eigenvalue weighted by atomic mass is 10.1. The standard InChI is InChI=1S/C20H17FN2O2/c1-25-19-9-3-8-18(12-19)23(14-15-5-4-10-22-13-15)20(24)16-6-2-7-17(21)11-16/h2-13H,14H2,1H3. The molecule has 0 N–H and O–H groups in total. The molecular weight excluding hydrogens is 319 g/mol. The maximum absolute atomic E-state index is 13.5. The van der Waals surface area contributed by atoms with Crippen molar-refractivity contribution in [2.45, 2.75) is 6.54 Å². The van der Waals surface area contributed by atoms with E-state index in [4.69, 9.17) is 4.74 Å². The third-order valence-corrected chi connectivity index (χ3v) is 3.75. The summed E-state index contributed by atoms with van der Waals surface area (Å²) in [5, 5.41) is 0. The number of benzene rings is 2. The predicted molar refractivity (Wildman–Crippen MR) is 94.1 cm³/mol. The molecule has 25 heavy (non-hydrogen) atoms. The monoisotopic (exact) mass is 336 g/mol. The third-order valence-electron chi connectivity index (χ3n) is 3.75. The van der Waals surface area contributed by atoms with Gasteiger partial charge in [-0.1, -0.05) is 18.2 Å². The molecule has 5 heteroatoms. The Labute approximate surface area is 145 Å². The molecular formula is C20H17FN2O2. The number of ether oxygens (including phenoxy) is 1. The van der Waals surface area contributed by atoms with Crippen LogP contribution < -0.4 is 9.64 Å². The molecule has 126 valence electrons. The van der Waals surface area contributed by atoms with E-state index in [1.54, 1.807) is 42.6 Å². The Morgan fingerprint density at radius 2 is 1.96 bits per heavy atom. The van der Waals surface area contributed by atoms with Crippen molar-refractivity contribution >= 4 is 11.6 Å². The topological polar surface area (TPSA) is 42.4 Å². The second kappa shape index (κ2) is 7.57. The average Bonchev–Trinajstić information content (AvgIpc) is 2.66. The normalized spacial score (nSPS) is 10.3. The Balaban J connectivity index is 2.00. The van der Waals surface area contributed by atoms with E-state index in [0.29, 0.717) is 18.0 Å². The molecule has 0 saturated heterocycles. The lowest BCUT2D eigenvalue weighted by Gasteiger charge is -2.23. The Hall–Kier alpha value is -3.21. The van der Waals surface area contributed by atoms with Crippen molar-refractivity contribution in [2.75, 3.05) is 12.0 Å². The van der Waals surface area contributed by atoms with Crippen molar-refractivity contribution in [1.29, 1.82) is 0 Å². The number of carbonyl (C=O) groups excluding carboxylic acids is 1. The molecule has 0 unspecified atom stereocenters. The highest BCUT2D eigenvalue weighted by atomic mass is 19.1. The second-order valence-electron chi connectivity index (χ2n) is 5.46. The number of hydrogen-bond donors (Lipinski definition) is 0. The van der Waals surface area contributed by atoms with Crippen molar-refractivity contribution in [3.63, 3.8) is 0 Å². The number of pyridine rings is 1. The lowest BCUT2D eigenvalue weighted by molar-refractivity contribution is 0.0984. The van der Waals surface area contributed by atoms with Gasteiger partial charge in [0.2, 0.25) is 0 Å². The van der Waals surface area contributed by atoms with Crippen LogP contribution in [0.3, 0.4) is 0 Å². The Morgan fingerprint density at radius 3 is 2.68 bits per heavy atom. The average molecular weight is 336 g/mol. The van der Waals surface area contributed by atoms with Crippen LogP contribution in [0.1, 0.15) is 15.9 Å². The van der Waals surface area contributed by atoms with E-state index in [1.807, 2.05) is 24.3 Å². The Bertz CT molecular complexity index is 868. The molecule has 0 atom stereocenters. The molecule has 2 aromatic carbocycles. The number of anilines is 1. The second-order valence-corrected chi connectivity index (χ2v) is 5.46. The SMILES string of the molecule is COc1cccc(N(Cc2cccnc2)C(=O)c2cccc(F)c2)c1. The van der Waals surface area contributed by atoms with Crippen LogP contribution in [0.2, 0.25) is 0 Å². The van der Waals surface area contributed by atoms with Gasteiger partial charge in [-0.05, 0) is 42.0 Å². The molecule has 0 aliphatic heterocycles. The van der Waals surface area contributed by atoms with Gasteiger partial charge in [0.1, 0.15) is 11.6 Å². The van der Waals surface area contributed by atoms with Crippen molar-refractivity contribution in [3.8, 4) is 5.75 Å². The number of hydrogen-bond acceptors (Lipinski definition) is 3. The largest absolute Gasteiger partial charge is 0.497 e. The van der Waals surface area contributed by atoms with E-state index in [1.165, 1.54) is 18.2 Å². The maximum atomic E-state index is 13.5. The molecule has 4 nitrogen and oxygen atoms in total. The summed E-state index contributed by atoms with van der Waals surface area (Å²) in [6.45, 7) is 0.316. The fourth-order valence-corrected chi connectivity index (χ4v) is 2.51. The van der Waals surface area contributed by atoms with Gasteiger partial charge < -0.3 is 9.64 Å². The molecule has 3 aromatic rings. The summed E-state index contributed by atoms with van der Waals surface area (Å²) in [6.07, 6.45) is 3.37. The Morgan fingerprint density at radius 1 is 1.12 bits per heavy atom. The van der Waals surface area contributed by atoms with Crippen molar-refractivity contribution in [3.05, 3.63) is 90.0 Å². The number of carbonyl (C=O) groups is 1. The molecule has 1 heterocycles. The van der Waals surface area contributed by atoms with Crippen LogP contribution in [0, 0.1) is 5.82 Å². The van der Waals surface area contributed by atoms with Gasteiger partial charge in [0.15, 0.2) is 0 Å². The van der Waals surface area contributed by atoms with Crippen molar-refractivity contribution in [1.82, 2.24) is 4.98 Å². The number of amides is 1. The van der Waals surface area contributed by atoms with Gasteiger partial charge >= 0.3 is 0 Å². The molecule has 0 aliphatic rings. The zero-order chi connectivity index (χ0) is 17.6. The number of methoxy groups -OCH3 is 1. The first-order valence-electron chi connectivity index (χ1n) is 7.78. The number of nitrogens with zero attached hydrogens (tertiary/aromatic N) is 2. The molecule has 0 saturated carbocycles. The molecule has 0 bridgehead atoms. The molecule has 0 radical (unpaired) electrons. The summed E-state index contributed by atoms with van der Waals surface area (Å²) in [5.74, 6) is -0.102. The summed E-state index contributed by atoms with van der Waals surface area (Å²) in [7, 11) is 1.57. The first-order valence-corrected chi connectivity index (χ1v) is 7.78. The first-order chi connectivity index (χ1) is 12.2. The molecule has 1 amide bonds. The van der Waals surface area contributed by atoms with E-state index in [0.717, 1.165) is 5.56 Å². The maximum Gasteiger partial charge on any atom is 0.258 e. The smallest absolute Gasteiger partial charge is 0.258 e. The minimum absolute atomic E-state index is 0.284. The van der Waals surface area contributed by atoms with Gasteiger partial charge in [0, 0.05) is 29.7 Å². The van der Waals surface area contributed by atoms with Crippen LogP contribution in [-0.2, 0) is 6.54 Å². The van der Waals surface area contributed by atoms with Gasteiger partial charge in [-0.25, -0.2) is 4.39 Å². The summed E-state index contributed by atoms with van der Waals surface area (Å²) in [6, 6.07) is 16.6. The summed E-state index contributed by atoms with van der Waals surface area (Å²) in [5.41, 5.74) is 1.82. The van der Waals surface area contributed by atoms with Crippen LogP contribution in [0.5, 0.6) is 5.75 Å². The lowest BCUT2D eigenvalue weighted by Crippen LogP contribution is -2.30. The minimum Gasteiger partial charge on any atom is -0.497 e. The van der Waals surface area contributed by atoms with E-state index >= 15 is 0 Å². The zero-order valence-corrected chi connectivity index (χ0v) is 13.7. The minimum atomic E-state index is -0.446. The first kappa shape index (κ1) is 16.6. The zero-order valence-electron chi connectivity index (χ0n) is 13.7. The number of aromatic nitrogens is 1. The summed E-state index contributed by atoms with van der Waals surface area (Å²) < 4.78 is 18.8. The van der Waals surface area contributed by atoms with Gasteiger partial charge in [-0.2, -0.15) is 0 Å². The highest BCUT2D eigenvalue weighted by Gasteiger charge is 2.19. The van der Waals surface area contributed by atoms with E-state index in [2.05, 4.69) is 4.98 Å². The number of rotatable bonds is 5. The van der Waals surface area contributed by atoms with Crippen molar-refractivity contribution < 1.29 is 13.9 Å². The highest BCUT2D eigenvalue weighted by Crippen LogP contribution is 2.24. The van der Waals surface area contributed by atoms with E-state index in [-0.39, 0.29) is 11.5 Å². The fraction of sp³-hybridized carbons (Fsp3) is 0.100. The highest BCUT2D eigenvalue weighted by molar-refractivity contribution is 6.06. The molecule has 0 spiro atoms. The quantitative estimate of drug-likeness (QED) is 0.705.